The highest BCUT2D eigenvalue weighted by Gasteiger charge is 2.27. The van der Waals surface area contributed by atoms with Crippen LogP contribution in [0.1, 0.15) is 16.1 Å². The van der Waals surface area contributed by atoms with Crippen molar-refractivity contribution in [3.05, 3.63) is 105 Å². The number of para-hydroxylation sites is 1. The van der Waals surface area contributed by atoms with Gasteiger partial charge in [0.25, 0.3) is 0 Å². The van der Waals surface area contributed by atoms with E-state index in [0.717, 1.165) is 19.5 Å². The smallest absolute Gasteiger partial charge is 0.136 e. The predicted molar refractivity (Wildman–Crippen MR) is 127 cm³/mol. The number of thiazole rings is 1. The number of fused-ring (bicyclic) bond motifs is 1. The van der Waals surface area contributed by atoms with Crippen LogP contribution in [-0.4, -0.2) is 4.98 Å². The van der Waals surface area contributed by atoms with Crippen LogP contribution in [0.15, 0.2) is 89.2 Å². The van der Waals surface area contributed by atoms with E-state index in [1.807, 2.05) is 36.4 Å². The van der Waals surface area contributed by atoms with Crippen molar-refractivity contribution in [2.24, 2.45) is 0 Å². The molecule has 0 saturated carbocycles. The molecule has 0 bridgehead atoms. The van der Waals surface area contributed by atoms with E-state index in [-0.39, 0.29) is 0 Å². The van der Waals surface area contributed by atoms with Gasteiger partial charge in [0.05, 0.1) is 14.5 Å². The molecule has 1 aromatic heterocycles. The molecule has 3 aromatic carbocycles. The second kappa shape index (κ2) is 7.92. The van der Waals surface area contributed by atoms with E-state index < -0.39 is 0 Å². The lowest BCUT2D eigenvalue weighted by Gasteiger charge is -2.05. The van der Waals surface area contributed by atoms with Crippen molar-refractivity contribution in [2.75, 3.05) is 0 Å². The molecule has 2 heterocycles. The van der Waals surface area contributed by atoms with Gasteiger partial charge in [0.2, 0.25) is 0 Å². The van der Waals surface area contributed by atoms with Gasteiger partial charge in [-0.15, -0.1) is 11.3 Å². The van der Waals surface area contributed by atoms with Crippen molar-refractivity contribution in [2.45, 2.75) is 0 Å². The van der Waals surface area contributed by atoms with E-state index in [0.29, 0.717) is 5.57 Å². The van der Waals surface area contributed by atoms with Gasteiger partial charge in [-0.25, -0.2) is 4.98 Å². The van der Waals surface area contributed by atoms with Crippen molar-refractivity contribution in [3.63, 3.8) is 0 Å². The first-order valence-electron chi connectivity index (χ1n) is 9.04. The van der Waals surface area contributed by atoms with E-state index in [2.05, 4.69) is 54.6 Å². The molecule has 0 saturated heterocycles. The Bertz CT molecular complexity index is 1210. The SMILES string of the molecule is N#CC(=C1SC(c2ccccc2)=C(c2ccccc2)S1)c1nc2ccccc2s1. The number of hydrogen-bond donors (Lipinski definition) is 0. The zero-order valence-corrected chi connectivity index (χ0v) is 17.7. The van der Waals surface area contributed by atoms with E-state index >= 15 is 0 Å². The maximum atomic E-state index is 9.99. The number of benzene rings is 3. The molecule has 5 rings (SSSR count). The van der Waals surface area contributed by atoms with Crippen molar-refractivity contribution >= 4 is 60.5 Å². The summed E-state index contributed by atoms with van der Waals surface area (Å²) in [4.78, 5) is 7.09. The number of allylic oxidation sites excluding steroid dienone is 1. The zero-order chi connectivity index (χ0) is 19.6. The number of aromatic nitrogens is 1. The summed E-state index contributed by atoms with van der Waals surface area (Å²) in [5.41, 5.74) is 3.93. The van der Waals surface area contributed by atoms with Crippen LogP contribution in [0.4, 0.5) is 0 Å². The van der Waals surface area contributed by atoms with Crippen LogP contribution in [0.3, 0.4) is 0 Å². The van der Waals surface area contributed by atoms with Gasteiger partial charge in [-0.3, -0.25) is 0 Å². The monoisotopic (exact) mass is 426 g/mol. The third kappa shape index (κ3) is 3.51. The molecule has 1 aliphatic heterocycles. The Hall–Kier alpha value is -2.78. The summed E-state index contributed by atoms with van der Waals surface area (Å²) < 4.78 is 2.09. The van der Waals surface area contributed by atoms with E-state index in [9.17, 15) is 5.26 Å². The summed E-state index contributed by atoms with van der Waals surface area (Å²) in [5, 5.41) is 10.8. The summed E-state index contributed by atoms with van der Waals surface area (Å²) in [6.07, 6.45) is 0. The van der Waals surface area contributed by atoms with Crippen LogP contribution in [0.2, 0.25) is 0 Å². The molecular formula is C24H14N2S3. The summed E-state index contributed by atoms with van der Waals surface area (Å²) in [7, 11) is 0. The molecule has 0 fully saturated rings. The normalized spacial score (nSPS) is 13.7. The standard InChI is InChI=1S/C24H14N2S3/c25-15-18(23-26-19-13-7-8-14-20(19)27-23)24-28-21(16-9-3-1-4-10-16)22(29-24)17-11-5-2-6-12-17/h1-14H. The van der Waals surface area contributed by atoms with Crippen LogP contribution in [0.25, 0.3) is 25.6 Å². The Morgan fingerprint density at radius 3 is 1.83 bits per heavy atom. The largest absolute Gasteiger partial charge is 0.235 e. The van der Waals surface area contributed by atoms with Crippen molar-refractivity contribution in [1.82, 2.24) is 4.98 Å². The number of rotatable bonds is 3. The number of nitrogens with zero attached hydrogens (tertiary/aromatic N) is 2. The molecule has 0 radical (unpaired) electrons. The van der Waals surface area contributed by atoms with Gasteiger partial charge in [0, 0.05) is 9.81 Å². The maximum absolute atomic E-state index is 9.99. The lowest BCUT2D eigenvalue weighted by atomic mass is 10.1. The molecule has 5 heteroatoms. The van der Waals surface area contributed by atoms with Gasteiger partial charge in [-0.2, -0.15) is 5.26 Å². The van der Waals surface area contributed by atoms with Crippen molar-refractivity contribution in [1.29, 1.82) is 5.26 Å². The lowest BCUT2D eigenvalue weighted by molar-refractivity contribution is 1.43. The summed E-state index contributed by atoms with van der Waals surface area (Å²) in [5.74, 6) is 0. The highest BCUT2D eigenvalue weighted by molar-refractivity contribution is 8.34. The van der Waals surface area contributed by atoms with Gasteiger partial charge < -0.3 is 0 Å². The third-order valence-electron chi connectivity index (χ3n) is 4.49. The minimum atomic E-state index is 0.653. The molecular weight excluding hydrogens is 412 g/mol. The third-order valence-corrected chi connectivity index (χ3v) is 8.24. The highest BCUT2D eigenvalue weighted by Crippen LogP contribution is 2.59. The average Bonchev–Trinajstić information content (AvgIpc) is 3.40. The highest BCUT2D eigenvalue weighted by atomic mass is 32.2. The Morgan fingerprint density at radius 1 is 0.724 bits per heavy atom. The summed E-state index contributed by atoms with van der Waals surface area (Å²) >= 11 is 4.92. The van der Waals surface area contributed by atoms with Crippen LogP contribution >= 0.6 is 34.9 Å². The van der Waals surface area contributed by atoms with Crippen LogP contribution in [0, 0.1) is 11.3 Å². The fourth-order valence-corrected chi connectivity index (χ4v) is 6.92. The predicted octanol–water partition coefficient (Wildman–Crippen LogP) is 7.49. The molecule has 0 amide bonds. The number of hydrogen-bond acceptors (Lipinski definition) is 5. The molecule has 0 spiro atoms. The lowest BCUT2D eigenvalue weighted by Crippen LogP contribution is -1.82. The first-order valence-corrected chi connectivity index (χ1v) is 11.5. The molecule has 0 aliphatic carbocycles. The second-order valence-corrected chi connectivity index (χ2v) is 9.69. The van der Waals surface area contributed by atoms with E-state index in [4.69, 9.17) is 4.98 Å². The van der Waals surface area contributed by atoms with Gasteiger partial charge in [-0.05, 0) is 23.3 Å². The Kier molecular flexibility index (Phi) is 4.99. The second-order valence-electron chi connectivity index (χ2n) is 6.36. The number of nitriles is 1. The maximum Gasteiger partial charge on any atom is 0.136 e. The fourth-order valence-electron chi connectivity index (χ4n) is 3.12. The molecule has 0 N–H and O–H groups in total. The topological polar surface area (TPSA) is 36.7 Å². The Balaban J connectivity index is 1.63. The van der Waals surface area contributed by atoms with Crippen molar-refractivity contribution < 1.29 is 0 Å². The summed E-state index contributed by atoms with van der Waals surface area (Å²) in [6, 6.07) is 31.2. The first kappa shape index (κ1) is 18.3. The van der Waals surface area contributed by atoms with Gasteiger partial charge in [0.1, 0.15) is 16.6 Å². The summed E-state index contributed by atoms with van der Waals surface area (Å²) in [6.45, 7) is 0. The van der Waals surface area contributed by atoms with Gasteiger partial charge in [-0.1, -0.05) is 96.3 Å². The number of thioether (sulfide) groups is 2. The first-order chi connectivity index (χ1) is 14.3. The molecule has 29 heavy (non-hydrogen) atoms. The molecule has 2 nitrogen and oxygen atoms in total. The molecule has 0 atom stereocenters. The van der Waals surface area contributed by atoms with Gasteiger partial charge >= 0.3 is 0 Å². The van der Waals surface area contributed by atoms with Crippen LogP contribution in [0.5, 0.6) is 0 Å². The minimum absolute atomic E-state index is 0.653. The van der Waals surface area contributed by atoms with Crippen LogP contribution in [-0.2, 0) is 0 Å². The minimum Gasteiger partial charge on any atom is -0.235 e. The van der Waals surface area contributed by atoms with Crippen LogP contribution < -0.4 is 0 Å². The Morgan fingerprint density at radius 2 is 1.28 bits per heavy atom. The molecule has 4 aromatic rings. The fraction of sp³-hybridized carbons (Fsp3) is 0. The molecule has 0 unspecified atom stereocenters. The van der Waals surface area contributed by atoms with E-state index in [1.54, 1.807) is 34.9 Å². The average molecular weight is 427 g/mol. The van der Waals surface area contributed by atoms with Crippen molar-refractivity contribution in [3.8, 4) is 6.07 Å². The van der Waals surface area contributed by atoms with Gasteiger partial charge in [0.15, 0.2) is 0 Å². The van der Waals surface area contributed by atoms with E-state index in [1.165, 1.54) is 20.9 Å². The molecule has 1 aliphatic rings. The molecule has 138 valence electrons. The quantitative estimate of drug-likeness (QED) is 0.318. The Labute approximate surface area is 181 Å². The zero-order valence-electron chi connectivity index (χ0n) is 15.2.